The summed E-state index contributed by atoms with van der Waals surface area (Å²) in [5, 5.41) is 21.3. The molecule has 0 fully saturated rings. The summed E-state index contributed by atoms with van der Waals surface area (Å²) in [5.41, 5.74) is 0.00475. The van der Waals surface area contributed by atoms with Gasteiger partial charge in [-0.2, -0.15) is 0 Å². The van der Waals surface area contributed by atoms with Crippen LogP contribution in [0.4, 0.5) is 5.69 Å². The van der Waals surface area contributed by atoms with Gasteiger partial charge < -0.3 is 10.4 Å². The molecule has 0 aliphatic heterocycles. The third-order valence-electron chi connectivity index (χ3n) is 2.60. The minimum atomic E-state index is -0.891. The number of nitrogens with one attached hydrogen (secondary N) is 1. The van der Waals surface area contributed by atoms with Crippen molar-refractivity contribution in [3.8, 4) is 0 Å². The number of non-ortho nitro benzene ring substituents is 1. The Labute approximate surface area is 125 Å². The summed E-state index contributed by atoms with van der Waals surface area (Å²) in [6.45, 7) is 2.04. The minimum Gasteiger partial charge on any atom is -0.481 e. The van der Waals surface area contributed by atoms with E-state index in [-0.39, 0.29) is 23.3 Å². The number of benzene rings is 1. The van der Waals surface area contributed by atoms with Gasteiger partial charge in [0.1, 0.15) is 0 Å². The van der Waals surface area contributed by atoms with Gasteiger partial charge in [-0.05, 0) is 25.5 Å². The molecule has 0 aliphatic rings. The lowest BCUT2D eigenvalue weighted by Crippen LogP contribution is -2.31. The molecule has 1 atom stereocenters. The molecule has 0 bridgehead atoms. The fourth-order valence-corrected chi connectivity index (χ4v) is 2.39. The zero-order chi connectivity index (χ0) is 15.8. The summed E-state index contributed by atoms with van der Waals surface area (Å²) >= 11 is 1.29. The Morgan fingerprint density at radius 1 is 1.38 bits per heavy atom. The summed E-state index contributed by atoms with van der Waals surface area (Å²) in [5.74, 6) is -1.08. The van der Waals surface area contributed by atoms with Crippen molar-refractivity contribution in [1.82, 2.24) is 5.32 Å². The second kappa shape index (κ2) is 8.25. The van der Waals surface area contributed by atoms with E-state index in [2.05, 4.69) is 5.32 Å². The third-order valence-corrected chi connectivity index (χ3v) is 3.71. The highest BCUT2D eigenvalue weighted by molar-refractivity contribution is 8.00. The second-order valence-electron chi connectivity index (χ2n) is 4.30. The normalized spacial score (nSPS) is 11.7. The zero-order valence-electron chi connectivity index (χ0n) is 11.4. The first-order valence-corrected chi connectivity index (χ1v) is 7.18. The number of nitrogens with zero attached hydrogens (tertiary/aromatic N) is 1. The lowest BCUT2D eigenvalue weighted by Gasteiger charge is -2.11. The van der Waals surface area contributed by atoms with Crippen LogP contribution in [0, 0.1) is 10.1 Å². The molecule has 0 heterocycles. The van der Waals surface area contributed by atoms with Gasteiger partial charge in [-0.1, -0.05) is 0 Å². The topological polar surface area (TPSA) is 110 Å². The third kappa shape index (κ3) is 6.26. The van der Waals surface area contributed by atoms with Gasteiger partial charge in [0.2, 0.25) is 5.91 Å². The van der Waals surface area contributed by atoms with Crippen molar-refractivity contribution in [3.63, 3.8) is 0 Å². The van der Waals surface area contributed by atoms with Crippen LogP contribution in [0.5, 0.6) is 0 Å². The van der Waals surface area contributed by atoms with Crippen molar-refractivity contribution in [1.29, 1.82) is 0 Å². The number of hydrogen-bond acceptors (Lipinski definition) is 5. The Morgan fingerprint density at radius 3 is 2.52 bits per heavy atom. The van der Waals surface area contributed by atoms with Gasteiger partial charge in [-0.3, -0.25) is 19.7 Å². The SMILES string of the molecule is CC(Sc1ccc([N+](=O)[O-])cc1)C(=O)NCCCC(=O)O. The molecule has 0 aromatic heterocycles. The van der Waals surface area contributed by atoms with Crippen molar-refractivity contribution < 1.29 is 19.6 Å². The van der Waals surface area contributed by atoms with E-state index in [1.807, 2.05) is 0 Å². The Hall–Kier alpha value is -2.09. The average Bonchev–Trinajstić information content (AvgIpc) is 2.43. The molecule has 2 N–H and O–H groups in total. The summed E-state index contributed by atoms with van der Waals surface area (Å²) in [4.78, 5) is 32.9. The van der Waals surface area contributed by atoms with E-state index < -0.39 is 10.9 Å². The number of nitro groups is 1. The maximum Gasteiger partial charge on any atom is 0.303 e. The standard InChI is InChI=1S/C13H16N2O5S/c1-9(13(18)14-8-2-3-12(16)17)21-11-6-4-10(5-7-11)15(19)20/h4-7,9H,2-3,8H2,1H3,(H,14,18)(H,16,17). The number of aliphatic carboxylic acids is 1. The Kier molecular flexibility index (Phi) is 6.67. The summed E-state index contributed by atoms with van der Waals surface area (Å²) in [6, 6.07) is 5.97. The Bertz CT molecular complexity index is 518. The molecule has 0 radical (unpaired) electrons. The molecule has 1 aromatic carbocycles. The number of rotatable bonds is 8. The molecule has 0 aliphatic carbocycles. The lowest BCUT2D eigenvalue weighted by molar-refractivity contribution is -0.384. The van der Waals surface area contributed by atoms with E-state index in [1.54, 1.807) is 19.1 Å². The van der Waals surface area contributed by atoms with Gasteiger partial charge in [0, 0.05) is 30.0 Å². The first kappa shape index (κ1) is 17.0. The van der Waals surface area contributed by atoms with E-state index in [4.69, 9.17) is 5.11 Å². The highest BCUT2D eigenvalue weighted by Crippen LogP contribution is 2.25. The van der Waals surface area contributed by atoms with Crippen LogP contribution in [0.3, 0.4) is 0 Å². The molecule has 1 amide bonds. The van der Waals surface area contributed by atoms with Crippen LogP contribution in [-0.2, 0) is 9.59 Å². The van der Waals surface area contributed by atoms with E-state index in [9.17, 15) is 19.7 Å². The maximum absolute atomic E-state index is 11.8. The van der Waals surface area contributed by atoms with Crippen LogP contribution in [0.2, 0.25) is 0 Å². The fraction of sp³-hybridized carbons (Fsp3) is 0.385. The number of hydrogen-bond donors (Lipinski definition) is 2. The van der Waals surface area contributed by atoms with Gasteiger partial charge >= 0.3 is 5.97 Å². The second-order valence-corrected chi connectivity index (χ2v) is 5.71. The largest absolute Gasteiger partial charge is 0.481 e. The predicted molar refractivity (Wildman–Crippen MR) is 78.3 cm³/mol. The van der Waals surface area contributed by atoms with Gasteiger partial charge in [0.05, 0.1) is 10.2 Å². The van der Waals surface area contributed by atoms with Crippen molar-refractivity contribution in [2.45, 2.75) is 29.9 Å². The van der Waals surface area contributed by atoms with E-state index in [1.165, 1.54) is 23.9 Å². The number of carbonyl (C=O) groups excluding carboxylic acids is 1. The minimum absolute atomic E-state index is 0.00475. The zero-order valence-corrected chi connectivity index (χ0v) is 12.3. The number of thioether (sulfide) groups is 1. The number of carboxylic acid groups (broad SMARTS) is 1. The molecule has 7 nitrogen and oxygen atoms in total. The van der Waals surface area contributed by atoms with Crippen LogP contribution in [0.25, 0.3) is 0 Å². The van der Waals surface area contributed by atoms with Crippen LogP contribution < -0.4 is 5.32 Å². The van der Waals surface area contributed by atoms with Gasteiger partial charge in [-0.15, -0.1) is 11.8 Å². The molecule has 1 aromatic rings. The van der Waals surface area contributed by atoms with Crippen LogP contribution >= 0.6 is 11.8 Å². The van der Waals surface area contributed by atoms with Crippen molar-refractivity contribution in [2.75, 3.05) is 6.54 Å². The predicted octanol–water partition coefficient (Wildman–Crippen LogP) is 2.06. The first-order chi connectivity index (χ1) is 9.90. The lowest BCUT2D eigenvalue weighted by atomic mass is 10.3. The molecule has 1 unspecified atom stereocenters. The number of carboxylic acids is 1. The maximum atomic E-state index is 11.8. The summed E-state index contributed by atoms with van der Waals surface area (Å²) in [7, 11) is 0. The monoisotopic (exact) mass is 312 g/mol. The number of carbonyl (C=O) groups is 2. The first-order valence-electron chi connectivity index (χ1n) is 6.30. The highest BCUT2D eigenvalue weighted by atomic mass is 32.2. The summed E-state index contributed by atoms with van der Waals surface area (Å²) in [6.07, 6.45) is 0.403. The van der Waals surface area contributed by atoms with Crippen LogP contribution in [0.1, 0.15) is 19.8 Å². The highest BCUT2D eigenvalue weighted by Gasteiger charge is 2.14. The molecule has 8 heteroatoms. The van der Waals surface area contributed by atoms with Gasteiger partial charge in [-0.25, -0.2) is 0 Å². The molecule has 114 valence electrons. The summed E-state index contributed by atoms with van der Waals surface area (Å²) < 4.78 is 0. The van der Waals surface area contributed by atoms with Crippen LogP contribution in [-0.4, -0.2) is 33.7 Å². The average molecular weight is 312 g/mol. The fourth-order valence-electron chi connectivity index (χ4n) is 1.50. The van der Waals surface area contributed by atoms with Gasteiger partial charge in [0.15, 0.2) is 0 Å². The Morgan fingerprint density at radius 2 is 2.00 bits per heavy atom. The van der Waals surface area contributed by atoms with E-state index in [0.29, 0.717) is 13.0 Å². The molecule has 21 heavy (non-hydrogen) atoms. The smallest absolute Gasteiger partial charge is 0.303 e. The van der Waals surface area contributed by atoms with Gasteiger partial charge in [0.25, 0.3) is 5.69 Å². The van der Waals surface area contributed by atoms with Crippen molar-refractivity contribution >= 4 is 29.3 Å². The Balaban J connectivity index is 2.41. The number of nitro benzene ring substituents is 1. The molecule has 1 rings (SSSR count). The van der Waals surface area contributed by atoms with Crippen molar-refractivity contribution in [2.24, 2.45) is 0 Å². The molecule has 0 spiro atoms. The molecular formula is C13H16N2O5S. The van der Waals surface area contributed by atoms with Crippen LogP contribution in [0.15, 0.2) is 29.2 Å². The quantitative estimate of drug-likeness (QED) is 0.329. The number of amides is 1. The van der Waals surface area contributed by atoms with Crippen molar-refractivity contribution in [3.05, 3.63) is 34.4 Å². The molecular weight excluding hydrogens is 296 g/mol. The molecule has 0 saturated heterocycles. The van der Waals surface area contributed by atoms with E-state index in [0.717, 1.165) is 4.90 Å². The van der Waals surface area contributed by atoms with E-state index >= 15 is 0 Å². The molecule has 0 saturated carbocycles.